The van der Waals surface area contributed by atoms with Crippen LogP contribution in [0.1, 0.15) is 0 Å². The second-order valence-corrected chi connectivity index (χ2v) is 31.5. The summed E-state index contributed by atoms with van der Waals surface area (Å²) < 4.78 is 5.01. The van der Waals surface area contributed by atoms with Crippen LogP contribution in [-0.2, 0) is 0 Å². The van der Waals surface area contributed by atoms with Crippen LogP contribution in [0.15, 0.2) is 400 Å². The number of rotatable bonds is 12. The second-order valence-electron chi connectivity index (χ2n) is 29.4. The van der Waals surface area contributed by atoms with E-state index in [-0.39, 0.29) is 13.4 Å². The lowest BCUT2D eigenvalue weighted by Crippen LogP contribution is -2.65. The van der Waals surface area contributed by atoms with E-state index in [1.807, 2.05) is 22.7 Å². The van der Waals surface area contributed by atoms with Gasteiger partial charge in [0.25, 0.3) is 13.4 Å². The van der Waals surface area contributed by atoms with Crippen molar-refractivity contribution in [2.24, 2.45) is 0 Å². The number of fused-ring (bicyclic) bond motifs is 14. The summed E-state index contributed by atoms with van der Waals surface area (Å²) in [6.45, 7) is -0.496. The van der Waals surface area contributed by atoms with E-state index in [0.717, 1.165) is 125 Å². The molecular weight excluding hydrogens is 1390 g/mol. The number of nitrogens with zero attached hydrogens (tertiary/aromatic N) is 6. The van der Waals surface area contributed by atoms with Crippen molar-refractivity contribution in [3.8, 4) is 22.3 Å². The Morgan fingerprint density at radius 3 is 0.982 bits per heavy atom. The van der Waals surface area contributed by atoms with Crippen molar-refractivity contribution in [3.63, 3.8) is 0 Å². The van der Waals surface area contributed by atoms with Gasteiger partial charge in [0.05, 0.1) is 28.4 Å². The Morgan fingerprint density at radius 1 is 0.223 bits per heavy atom. The third-order valence-corrected chi connectivity index (χ3v) is 25.6. The van der Waals surface area contributed by atoms with Gasteiger partial charge in [-0.1, -0.05) is 261 Å². The lowest BCUT2D eigenvalue weighted by atomic mass is 9.30. The highest BCUT2D eigenvalue weighted by Crippen LogP contribution is 2.56. The van der Waals surface area contributed by atoms with Gasteiger partial charge >= 0.3 is 0 Å². The zero-order valence-corrected chi connectivity index (χ0v) is 62.4. The molecule has 0 saturated heterocycles. The van der Waals surface area contributed by atoms with Gasteiger partial charge < -0.3 is 29.4 Å². The molecule has 4 aliphatic rings. The van der Waals surface area contributed by atoms with Gasteiger partial charge in [-0.3, -0.25) is 0 Å². The molecule has 6 heterocycles. The standard InChI is InChI=1S/C102H66B2N6S2/c1-8-33-67(34-9-1)76-49-30-50-77(68-35-10-2-11-36-68)102(76)110-85-54-27-25-52-81(85)104-83-65-82-88(66-89(83)109(73-45-20-7-21-46-73)92-63-75(64-93(110)101(92)104)106(70-39-14-4-15-40-70)87-56-32-60-97-99(87)79-48-23-29-58-95(79)112-97)108(72-43-18-6-19-44-72)91-62-74(61-90-100(91)103(82)80-51-24-26-53-84(80)107(90)71-41-16-5-17-42-71)105(69-37-12-3-13-38-69)86-55-31-59-96-98(86)78-47-22-28-57-94(78)111-96/h1-66H. The maximum Gasteiger partial charge on any atom is 0.252 e. The molecule has 0 aliphatic carbocycles. The van der Waals surface area contributed by atoms with Crippen LogP contribution in [0.25, 0.3) is 62.6 Å². The molecule has 0 unspecified atom stereocenters. The summed E-state index contributed by atoms with van der Waals surface area (Å²) in [5, 5.41) is 4.94. The topological polar surface area (TPSA) is 19.4 Å². The molecule has 522 valence electrons. The van der Waals surface area contributed by atoms with E-state index in [9.17, 15) is 0 Å². The van der Waals surface area contributed by atoms with Gasteiger partial charge in [0, 0.05) is 125 Å². The Kier molecular flexibility index (Phi) is 14.8. The summed E-state index contributed by atoms with van der Waals surface area (Å²) in [5.41, 5.74) is 31.6. The first kappa shape index (κ1) is 64.1. The van der Waals surface area contributed by atoms with Gasteiger partial charge in [0.15, 0.2) is 0 Å². The van der Waals surface area contributed by atoms with Crippen molar-refractivity contribution < 1.29 is 0 Å². The quantitative estimate of drug-likeness (QED) is 0.113. The molecule has 0 atom stereocenters. The molecule has 0 radical (unpaired) electrons. The van der Waals surface area contributed by atoms with Crippen molar-refractivity contribution in [1.82, 2.24) is 0 Å². The van der Waals surface area contributed by atoms with Crippen molar-refractivity contribution in [2.75, 3.05) is 29.4 Å². The normalized spacial score (nSPS) is 12.9. The lowest BCUT2D eigenvalue weighted by molar-refractivity contribution is 1.22. The first-order valence-electron chi connectivity index (χ1n) is 38.5. The Hall–Kier alpha value is -13.9. The maximum atomic E-state index is 2.67. The third-order valence-electron chi connectivity index (χ3n) is 23.3. The van der Waals surface area contributed by atoms with Crippen LogP contribution >= 0.6 is 22.7 Å². The molecule has 6 nitrogen and oxygen atoms in total. The van der Waals surface area contributed by atoms with Gasteiger partial charge in [-0.2, -0.15) is 0 Å². The zero-order chi connectivity index (χ0) is 73.5. The van der Waals surface area contributed by atoms with Crippen LogP contribution in [0, 0.1) is 0 Å². The van der Waals surface area contributed by atoms with E-state index in [1.54, 1.807) is 0 Å². The van der Waals surface area contributed by atoms with Crippen molar-refractivity contribution >= 4 is 212 Å². The van der Waals surface area contributed by atoms with Gasteiger partial charge in [0.2, 0.25) is 0 Å². The molecule has 0 saturated carbocycles. The van der Waals surface area contributed by atoms with Crippen LogP contribution in [0.5, 0.6) is 0 Å². The number of hydrogen-bond acceptors (Lipinski definition) is 8. The molecule has 19 aromatic rings. The van der Waals surface area contributed by atoms with Gasteiger partial charge in [-0.25, -0.2) is 0 Å². The predicted octanol–water partition coefficient (Wildman–Crippen LogP) is 24.9. The predicted molar refractivity (Wildman–Crippen MR) is 481 cm³/mol. The third kappa shape index (κ3) is 9.92. The lowest BCUT2D eigenvalue weighted by Gasteiger charge is -2.48. The molecule has 4 aliphatic heterocycles. The average Bonchev–Trinajstić information content (AvgIpc) is 0.808. The molecule has 112 heavy (non-hydrogen) atoms. The molecule has 17 aromatic carbocycles. The number of hydrogen-bond donors (Lipinski definition) is 0. The molecule has 0 amide bonds. The van der Waals surface area contributed by atoms with Crippen LogP contribution in [0.4, 0.5) is 102 Å². The Balaban J connectivity index is 0.849. The minimum absolute atomic E-state index is 0.227. The number of benzene rings is 17. The highest BCUT2D eigenvalue weighted by Gasteiger charge is 2.50. The summed E-state index contributed by atoms with van der Waals surface area (Å²) in [6, 6.07) is 150. The summed E-state index contributed by atoms with van der Waals surface area (Å²) in [7, 11) is 0. The van der Waals surface area contributed by atoms with E-state index in [0.29, 0.717) is 0 Å². The molecule has 0 spiro atoms. The second kappa shape index (κ2) is 25.9. The fourth-order valence-electron chi connectivity index (χ4n) is 18.8. The SMILES string of the molecule is c1ccc(-c2cccc(-c3ccccc3)c2N2c3ccccc3B3c4cc5c(cc4N(c4ccccc4)c4cc(N(c6ccccc6)c6cccc7sc8ccccc8c67)cc2c43)N(c2ccccc2)c2cc(N(c3ccccc3)c3cccc4sc6ccccc6c34)cc3c2B5c2ccccc2N3c2ccccc2)cc1. The average molecular weight is 1460 g/mol. The molecule has 0 bridgehead atoms. The fourth-order valence-corrected chi connectivity index (χ4v) is 21.1. The first-order chi connectivity index (χ1) is 55.6. The van der Waals surface area contributed by atoms with E-state index in [4.69, 9.17) is 0 Å². The summed E-state index contributed by atoms with van der Waals surface area (Å²) in [6.07, 6.45) is 0. The molecule has 0 fully saturated rings. The van der Waals surface area contributed by atoms with E-state index in [2.05, 4.69) is 430 Å². The van der Waals surface area contributed by atoms with Crippen molar-refractivity contribution in [3.05, 3.63) is 400 Å². The molecule has 0 N–H and O–H groups in total. The number of anilines is 18. The van der Waals surface area contributed by atoms with Crippen LogP contribution in [0.2, 0.25) is 0 Å². The Labute approximate surface area is 658 Å². The van der Waals surface area contributed by atoms with Crippen LogP contribution in [-0.4, -0.2) is 13.4 Å². The minimum Gasteiger partial charge on any atom is -0.311 e. The Morgan fingerprint density at radius 2 is 0.554 bits per heavy atom. The molecule has 2 aromatic heterocycles. The van der Waals surface area contributed by atoms with E-state index < -0.39 is 0 Å². The van der Waals surface area contributed by atoms with E-state index in [1.165, 1.54) is 73.1 Å². The van der Waals surface area contributed by atoms with Crippen LogP contribution < -0.4 is 62.2 Å². The minimum atomic E-state index is -0.270. The van der Waals surface area contributed by atoms with Crippen molar-refractivity contribution in [2.45, 2.75) is 0 Å². The monoisotopic (exact) mass is 1460 g/mol. The largest absolute Gasteiger partial charge is 0.311 e. The summed E-state index contributed by atoms with van der Waals surface area (Å²) in [4.78, 5) is 15.5. The van der Waals surface area contributed by atoms with Crippen molar-refractivity contribution in [1.29, 1.82) is 0 Å². The number of para-hydroxylation sites is 8. The summed E-state index contributed by atoms with van der Waals surface area (Å²) >= 11 is 3.72. The van der Waals surface area contributed by atoms with Gasteiger partial charge in [-0.05, 0) is 183 Å². The molecule has 10 heteroatoms. The highest BCUT2D eigenvalue weighted by atomic mass is 32.1. The summed E-state index contributed by atoms with van der Waals surface area (Å²) in [5.74, 6) is 0. The highest BCUT2D eigenvalue weighted by molar-refractivity contribution is 7.26. The Bertz CT molecular complexity index is 6890. The molecular formula is C102H66B2N6S2. The fraction of sp³-hybridized carbons (Fsp3) is 0. The van der Waals surface area contributed by atoms with Crippen LogP contribution in [0.3, 0.4) is 0 Å². The first-order valence-corrected chi connectivity index (χ1v) is 40.1. The van der Waals surface area contributed by atoms with Gasteiger partial charge in [-0.15, -0.1) is 22.7 Å². The van der Waals surface area contributed by atoms with E-state index >= 15 is 0 Å². The van der Waals surface area contributed by atoms with Gasteiger partial charge in [0.1, 0.15) is 0 Å². The number of thiophene rings is 2. The molecule has 23 rings (SSSR count). The zero-order valence-electron chi connectivity index (χ0n) is 60.8. The smallest absolute Gasteiger partial charge is 0.252 e. The maximum absolute atomic E-state index is 2.67.